The van der Waals surface area contributed by atoms with Gasteiger partial charge in [0, 0.05) is 27.9 Å². The molecule has 0 aliphatic heterocycles. The van der Waals surface area contributed by atoms with E-state index in [1.807, 2.05) is 0 Å². The summed E-state index contributed by atoms with van der Waals surface area (Å²) >= 11 is 0. The third-order valence-corrected chi connectivity index (χ3v) is 16.4. The maximum Gasteiger partial charge on any atom is 0.0465 e. The molecule has 0 amide bonds. The van der Waals surface area contributed by atoms with Gasteiger partial charge in [-0.3, -0.25) is 0 Å². The predicted molar refractivity (Wildman–Crippen MR) is 311 cm³/mol. The van der Waals surface area contributed by atoms with Crippen molar-refractivity contribution in [1.82, 2.24) is 0 Å². The molecule has 14 rings (SSSR count). The van der Waals surface area contributed by atoms with Gasteiger partial charge in [-0.15, -0.1) is 0 Å². The van der Waals surface area contributed by atoms with E-state index in [0.717, 1.165) is 17.1 Å². The van der Waals surface area contributed by atoms with Crippen molar-refractivity contribution >= 4 is 49.4 Å². The van der Waals surface area contributed by atoms with Gasteiger partial charge in [0.05, 0.1) is 0 Å². The van der Waals surface area contributed by atoms with Crippen molar-refractivity contribution in [3.8, 4) is 66.8 Å². The van der Waals surface area contributed by atoms with Crippen LogP contribution in [0.4, 0.5) is 17.1 Å². The van der Waals surface area contributed by atoms with Gasteiger partial charge in [0.15, 0.2) is 0 Å². The zero-order valence-electron chi connectivity index (χ0n) is 41.6. The van der Waals surface area contributed by atoms with Gasteiger partial charge in [-0.05, 0) is 188 Å². The van der Waals surface area contributed by atoms with Crippen LogP contribution >= 0.6 is 0 Å². The van der Waals surface area contributed by atoms with Gasteiger partial charge in [-0.2, -0.15) is 0 Å². The maximum atomic E-state index is 2.49. The summed E-state index contributed by atoms with van der Waals surface area (Å²) in [6.07, 6.45) is 0. The molecule has 0 unspecified atom stereocenters. The lowest BCUT2D eigenvalue weighted by atomic mass is 9.82. The van der Waals surface area contributed by atoms with Gasteiger partial charge >= 0.3 is 0 Å². The van der Waals surface area contributed by atoms with Crippen LogP contribution in [0.2, 0.25) is 0 Å². The van der Waals surface area contributed by atoms with Crippen molar-refractivity contribution in [1.29, 1.82) is 0 Å². The van der Waals surface area contributed by atoms with E-state index in [1.54, 1.807) is 0 Å². The molecular formula is C72H53N. The summed E-state index contributed by atoms with van der Waals surface area (Å²) in [5, 5.41) is 7.41. The third kappa shape index (κ3) is 6.76. The normalized spacial score (nSPS) is 13.7. The van der Waals surface area contributed by atoms with Crippen LogP contribution in [0.5, 0.6) is 0 Å². The van der Waals surface area contributed by atoms with Gasteiger partial charge in [0.2, 0.25) is 0 Å². The van der Waals surface area contributed by atoms with E-state index in [1.165, 1.54) is 121 Å². The van der Waals surface area contributed by atoms with E-state index in [4.69, 9.17) is 0 Å². The number of anilines is 3. The van der Waals surface area contributed by atoms with E-state index in [2.05, 4.69) is 281 Å². The lowest BCUT2D eigenvalue weighted by Crippen LogP contribution is -2.18. The highest BCUT2D eigenvalue weighted by atomic mass is 15.1. The van der Waals surface area contributed by atoms with Gasteiger partial charge in [0.1, 0.15) is 0 Å². The molecular weight excluding hydrogens is 879 g/mol. The number of hydrogen-bond acceptors (Lipinski definition) is 1. The lowest BCUT2D eigenvalue weighted by molar-refractivity contribution is 0.660. The molecule has 2 aliphatic carbocycles. The fraction of sp³-hybridized carbons (Fsp3) is 0.0833. The number of nitrogens with zero attached hydrogens (tertiary/aromatic N) is 1. The summed E-state index contributed by atoms with van der Waals surface area (Å²) < 4.78 is 0. The summed E-state index contributed by atoms with van der Waals surface area (Å²) in [6, 6.07) is 93.1. The summed E-state index contributed by atoms with van der Waals surface area (Å²) in [5.41, 5.74) is 23.6. The first-order chi connectivity index (χ1) is 35.7. The Kier molecular flexibility index (Phi) is 9.66. The average molecular weight is 932 g/mol. The Morgan fingerprint density at radius 2 is 0.630 bits per heavy atom. The standard InChI is InChI=1S/C72H53N/c1-71(2)65-29-17-15-25-57(65)59-37-35-55(44-67(59)71)73(56-36-38-60-58-26-16-18-30-66(58)72(3,4)68(60)45-56)54-33-31-48(32-34-54)69-61-27-13-14-28-62(61)70(64-43-50-24-12-11-23-49(50)42-63(64)69)53-40-51(46-19-7-5-8-20-46)39-52(41-53)47-21-9-6-10-22-47/h5-45H,1-4H3. The average Bonchev–Trinajstić information content (AvgIpc) is 3.81. The number of benzene rings is 12. The molecule has 1 nitrogen and oxygen atoms in total. The molecule has 12 aromatic carbocycles. The van der Waals surface area contributed by atoms with E-state index < -0.39 is 0 Å². The Bertz CT molecular complexity index is 4010. The Hall–Kier alpha value is -8.78. The first-order valence-corrected chi connectivity index (χ1v) is 25.7. The van der Waals surface area contributed by atoms with Crippen molar-refractivity contribution in [3.05, 3.63) is 271 Å². The molecule has 0 fully saturated rings. The summed E-state index contributed by atoms with van der Waals surface area (Å²) in [5.74, 6) is 0. The van der Waals surface area contributed by atoms with E-state index in [9.17, 15) is 0 Å². The second-order valence-corrected chi connectivity index (χ2v) is 21.3. The highest BCUT2D eigenvalue weighted by Crippen LogP contribution is 2.54. The first kappa shape index (κ1) is 43.0. The highest BCUT2D eigenvalue weighted by Gasteiger charge is 2.38. The van der Waals surface area contributed by atoms with E-state index >= 15 is 0 Å². The Balaban J connectivity index is 0.973. The zero-order valence-corrected chi connectivity index (χ0v) is 41.6. The fourth-order valence-electron chi connectivity index (χ4n) is 12.7. The minimum Gasteiger partial charge on any atom is -0.310 e. The predicted octanol–water partition coefficient (Wildman–Crippen LogP) is 19.9. The fourth-order valence-corrected chi connectivity index (χ4v) is 12.7. The van der Waals surface area contributed by atoms with Crippen LogP contribution in [0.15, 0.2) is 249 Å². The molecule has 0 radical (unpaired) electrons. The molecule has 0 atom stereocenters. The van der Waals surface area contributed by atoms with Crippen molar-refractivity contribution in [2.24, 2.45) is 0 Å². The minimum atomic E-state index is -0.135. The molecule has 0 N–H and O–H groups in total. The van der Waals surface area contributed by atoms with Crippen molar-refractivity contribution < 1.29 is 0 Å². The molecule has 1 heteroatoms. The van der Waals surface area contributed by atoms with Crippen LogP contribution in [0, 0.1) is 0 Å². The van der Waals surface area contributed by atoms with Crippen LogP contribution < -0.4 is 4.90 Å². The Morgan fingerprint density at radius 1 is 0.247 bits per heavy atom. The smallest absolute Gasteiger partial charge is 0.0465 e. The van der Waals surface area contributed by atoms with Gasteiger partial charge in [-0.1, -0.05) is 210 Å². The largest absolute Gasteiger partial charge is 0.310 e. The molecule has 0 bridgehead atoms. The number of fused-ring (bicyclic) bond motifs is 9. The van der Waals surface area contributed by atoms with Crippen LogP contribution in [-0.2, 0) is 10.8 Å². The second-order valence-electron chi connectivity index (χ2n) is 21.3. The quantitative estimate of drug-likeness (QED) is 0.144. The van der Waals surface area contributed by atoms with Crippen LogP contribution in [-0.4, -0.2) is 0 Å². The van der Waals surface area contributed by atoms with Crippen LogP contribution in [0.25, 0.3) is 99.1 Å². The second kappa shape index (κ2) is 16.4. The Morgan fingerprint density at radius 3 is 1.12 bits per heavy atom. The molecule has 0 saturated carbocycles. The van der Waals surface area contributed by atoms with Gasteiger partial charge in [0.25, 0.3) is 0 Å². The summed E-state index contributed by atoms with van der Waals surface area (Å²) in [6.45, 7) is 9.50. The SMILES string of the molecule is CC1(C)c2ccccc2-c2ccc(N(c3ccc(-c4c5ccccc5c(-c5cc(-c6ccccc6)cc(-c6ccccc6)c5)c5cc6ccccc6cc45)cc3)c3ccc4c(c3)C(C)(C)c3ccccc3-4)cc21. The van der Waals surface area contributed by atoms with Crippen molar-refractivity contribution in [2.75, 3.05) is 4.90 Å². The molecule has 346 valence electrons. The number of hydrogen-bond donors (Lipinski definition) is 0. The highest BCUT2D eigenvalue weighted by molar-refractivity contribution is 6.24. The van der Waals surface area contributed by atoms with E-state index in [0.29, 0.717) is 0 Å². The monoisotopic (exact) mass is 931 g/mol. The lowest BCUT2D eigenvalue weighted by Gasteiger charge is -2.30. The molecule has 0 spiro atoms. The van der Waals surface area contributed by atoms with Gasteiger partial charge < -0.3 is 4.90 Å². The summed E-state index contributed by atoms with van der Waals surface area (Å²) in [7, 11) is 0. The topological polar surface area (TPSA) is 3.24 Å². The molecule has 73 heavy (non-hydrogen) atoms. The van der Waals surface area contributed by atoms with Crippen molar-refractivity contribution in [2.45, 2.75) is 38.5 Å². The summed E-state index contributed by atoms with van der Waals surface area (Å²) in [4.78, 5) is 2.49. The maximum absolute atomic E-state index is 2.49. The van der Waals surface area contributed by atoms with E-state index in [-0.39, 0.29) is 10.8 Å². The van der Waals surface area contributed by atoms with Crippen molar-refractivity contribution in [3.63, 3.8) is 0 Å². The number of rotatable bonds is 7. The van der Waals surface area contributed by atoms with Crippen LogP contribution in [0.3, 0.4) is 0 Å². The van der Waals surface area contributed by atoms with Crippen LogP contribution in [0.1, 0.15) is 49.9 Å². The third-order valence-electron chi connectivity index (χ3n) is 16.4. The zero-order chi connectivity index (χ0) is 49.0. The molecule has 0 saturated heterocycles. The molecule has 0 heterocycles. The Labute approximate surface area is 428 Å². The minimum absolute atomic E-state index is 0.135. The molecule has 0 aromatic heterocycles. The molecule has 2 aliphatic rings. The van der Waals surface area contributed by atoms with Gasteiger partial charge in [-0.25, -0.2) is 0 Å². The molecule has 12 aromatic rings. The first-order valence-electron chi connectivity index (χ1n) is 25.7.